The van der Waals surface area contributed by atoms with Crippen molar-refractivity contribution in [3.05, 3.63) is 41.3 Å². The Morgan fingerprint density at radius 3 is 2.67 bits per heavy atom. The normalized spacial score (nSPS) is 10.5. The highest BCUT2D eigenvalue weighted by Gasteiger charge is 2.09. The van der Waals surface area contributed by atoms with Crippen LogP contribution in [0.15, 0.2) is 33.9 Å². The molecule has 0 bridgehead atoms. The number of aryl methyl sites for hydroxylation is 1. The van der Waals surface area contributed by atoms with Crippen LogP contribution in [-0.4, -0.2) is 21.3 Å². The van der Waals surface area contributed by atoms with Crippen molar-refractivity contribution in [2.75, 3.05) is 0 Å². The molecule has 5 nitrogen and oxygen atoms in total. The minimum absolute atomic E-state index is 0.0274. The summed E-state index contributed by atoms with van der Waals surface area (Å²) in [5.74, 6) is 0.308. The molecule has 1 aromatic heterocycles. The van der Waals surface area contributed by atoms with E-state index in [1.807, 2.05) is 24.3 Å². The van der Waals surface area contributed by atoms with Crippen molar-refractivity contribution < 1.29 is 14.3 Å². The zero-order valence-corrected chi connectivity index (χ0v) is 10.6. The van der Waals surface area contributed by atoms with E-state index in [-0.39, 0.29) is 6.42 Å². The Labute approximate surface area is 108 Å². The van der Waals surface area contributed by atoms with Gasteiger partial charge in [0.25, 0.3) is 5.22 Å². The Balaban J connectivity index is 2.06. The molecule has 1 N–H and O–H groups in total. The van der Waals surface area contributed by atoms with Gasteiger partial charge in [0.05, 0.1) is 6.42 Å². The van der Waals surface area contributed by atoms with Crippen LogP contribution in [0.1, 0.15) is 17.0 Å². The SMILES string of the molecule is Cc1nnc(SCc2ccccc2CC(=O)O)o1. The molecule has 0 aliphatic heterocycles. The highest BCUT2D eigenvalue weighted by atomic mass is 32.2. The summed E-state index contributed by atoms with van der Waals surface area (Å²) in [7, 11) is 0. The Hall–Kier alpha value is -1.82. The number of hydrogen-bond acceptors (Lipinski definition) is 5. The molecule has 0 fully saturated rings. The fourth-order valence-electron chi connectivity index (χ4n) is 1.51. The van der Waals surface area contributed by atoms with Gasteiger partial charge in [-0.2, -0.15) is 0 Å². The van der Waals surface area contributed by atoms with Crippen molar-refractivity contribution in [3.63, 3.8) is 0 Å². The standard InChI is InChI=1S/C12H12N2O3S/c1-8-13-14-12(17-8)18-7-10-5-3-2-4-9(10)6-11(15)16/h2-5H,6-7H2,1H3,(H,15,16). The third-order valence-electron chi connectivity index (χ3n) is 2.32. The maximum Gasteiger partial charge on any atom is 0.307 e. The highest BCUT2D eigenvalue weighted by molar-refractivity contribution is 7.98. The number of hydrogen-bond donors (Lipinski definition) is 1. The fraction of sp³-hybridized carbons (Fsp3) is 0.250. The van der Waals surface area contributed by atoms with Gasteiger partial charge in [0, 0.05) is 12.7 Å². The van der Waals surface area contributed by atoms with Gasteiger partial charge in [0.15, 0.2) is 0 Å². The lowest BCUT2D eigenvalue weighted by molar-refractivity contribution is -0.136. The molecule has 2 rings (SSSR count). The zero-order valence-electron chi connectivity index (χ0n) is 9.79. The van der Waals surface area contributed by atoms with Gasteiger partial charge in [-0.05, 0) is 11.1 Å². The maximum absolute atomic E-state index is 10.8. The molecule has 18 heavy (non-hydrogen) atoms. The van der Waals surface area contributed by atoms with Gasteiger partial charge < -0.3 is 9.52 Å². The second kappa shape index (κ2) is 5.68. The summed E-state index contributed by atoms with van der Waals surface area (Å²) < 4.78 is 5.25. The lowest BCUT2D eigenvalue weighted by atomic mass is 10.1. The maximum atomic E-state index is 10.8. The molecule has 0 atom stereocenters. The third kappa shape index (κ3) is 3.33. The Morgan fingerprint density at radius 1 is 1.33 bits per heavy atom. The summed E-state index contributed by atoms with van der Waals surface area (Å²) in [6.07, 6.45) is 0.0274. The Bertz CT molecular complexity index is 554. The van der Waals surface area contributed by atoms with Gasteiger partial charge in [-0.15, -0.1) is 10.2 Å². The van der Waals surface area contributed by atoms with Gasteiger partial charge >= 0.3 is 5.97 Å². The van der Waals surface area contributed by atoms with Crippen molar-refractivity contribution in [2.24, 2.45) is 0 Å². The van der Waals surface area contributed by atoms with E-state index >= 15 is 0 Å². The van der Waals surface area contributed by atoms with Gasteiger partial charge in [0.2, 0.25) is 5.89 Å². The first-order valence-electron chi connectivity index (χ1n) is 5.36. The molecule has 0 unspecified atom stereocenters. The van der Waals surface area contributed by atoms with Gasteiger partial charge in [0.1, 0.15) is 0 Å². The van der Waals surface area contributed by atoms with Crippen LogP contribution >= 0.6 is 11.8 Å². The summed E-state index contributed by atoms with van der Waals surface area (Å²) in [6, 6.07) is 7.46. The van der Waals surface area contributed by atoms with E-state index in [0.29, 0.717) is 16.9 Å². The molecule has 1 aromatic carbocycles. The molecular weight excluding hydrogens is 252 g/mol. The molecule has 0 saturated carbocycles. The van der Waals surface area contributed by atoms with E-state index in [0.717, 1.165) is 11.1 Å². The van der Waals surface area contributed by atoms with E-state index in [1.54, 1.807) is 6.92 Å². The topological polar surface area (TPSA) is 76.2 Å². The molecule has 0 amide bonds. The van der Waals surface area contributed by atoms with Crippen molar-refractivity contribution in [2.45, 2.75) is 24.3 Å². The summed E-state index contributed by atoms with van der Waals surface area (Å²) in [5, 5.41) is 16.9. The number of benzene rings is 1. The molecule has 0 radical (unpaired) electrons. The average molecular weight is 264 g/mol. The van der Waals surface area contributed by atoms with Crippen molar-refractivity contribution >= 4 is 17.7 Å². The first kappa shape index (κ1) is 12.6. The number of carbonyl (C=O) groups is 1. The number of aliphatic carboxylic acids is 1. The number of nitrogens with zero attached hydrogens (tertiary/aromatic N) is 2. The van der Waals surface area contributed by atoms with E-state index < -0.39 is 5.97 Å². The summed E-state index contributed by atoms with van der Waals surface area (Å²) >= 11 is 1.40. The quantitative estimate of drug-likeness (QED) is 0.835. The van der Waals surface area contributed by atoms with Crippen LogP contribution in [0, 0.1) is 6.92 Å². The van der Waals surface area contributed by atoms with Crippen LogP contribution < -0.4 is 0 Å². The molecule has 94 valence electrons. The van der Waals surface area contributed by atoms with E-state index in [1.165, 1.54) is 11.8 Å². The second-order valence-corrected chi connectivity index (χ2v) is 4.64. The first-order valence-corrected chi connectivity index (χ1v) is 6.35. The monoisotopic (exact) mass is 264 g/mol. The predicted molar refractivity (Wildman–Crippen MR) is 66.4 cm³/mol. The molecule has 0 spiro atoms. The van der Waals surface area contributed by atoms with Gasteiger partial charge in [-0.3, -0.25) is 4.79 Å². The molecule has 1 heterocycles. The summed E-state index contributed by atoms with van der Waals surface area (Å²) in [6.45, 7) is 1.73. The minimum atomic E-state index is -0.832. The van der Waals surface area contributed by atoms with Gasteiger partial charge in [-0.1, -0.05) is 36.0 Å². The Morgan fingerprint density at radius 2 is 2.06 bits per heavy atom. The fourth-order valence-corrected chi connectivity index (χ4v) is 2.35. The number of carboxylic acid groups (broad SMARTS) is 1. The first-order chi connectivity index (χ1) is 8.65. The van der Waals surface area contributed by atoms with Crippen molar-refractivity contribution in [1.29, 1.82) is 0 Å². The molecule has 2 aromatic rings. The van der Waals surface area contributed by atoms with Crippen LogP contribution in [0.2, 0.25) is 0 Å². The highest BCUT2D eigenvalue weighted by Crippen LogP contribution is 2.23. The van der Waals surface area contributed by atoms with Gasteiger partial charge in [-0.25, -0.2) is 0 Å². The van der Waals surface area contributed by atoms with E-state index in [4.69, 9.17) is 9.52 Å². The number of aromatic nitrogens is 2. The molecule has 0 aliphatic carbocycles. The smallest absolute Gasteiger partial charge is 0.307 e. The molecule has 0 aliphatic rings. The van der Waals surface area contributed by atoms with Crippen LogP contribution in [0.25, 0.3) is 0 Å². The minimum Gasteiger partial charge on any atom is -0.481 e. The molecule has 6 heteroatoms. The van der Waals surface area contributed by atoms with Crippen molar-refractivity contribution in [1.82, 2.24) is 10.2 Å². The number of thioether (sulfide) groups is 1. The molecular formula is C12H12N2O3S. The van der Waals surface area contributed by atoms with E-state index in [2.05, 4.69) is 10.2 Å². The van der Waals surface area contributed by atoms with Crippen LogP contribution in [0.3, 0.4) is 0 Å². The largest absolute Gasteiger partial charge is 0.481 e. The number of rotatable bonds is 5. The van der Waals surface area contributed by atoms with Crippen LogP contribution in [-0.2, 0) is 17.0 Å². The second-order valence-electron chi connectivity index (χ2n) is 3.71. The molecule has 0 saturated heterocycles. The summed E-state index contributed by atoms with van der Waals surface area (Å²) in [5.41, 5.74) is 1.79. The van der Waals surface area contributed by atoms with Crippen molar-refractivity contribution in [3.8, 4) is 0 Å². The summed E-state index contributed by atoms with van der Waals surface area (Å²) in [4.78, 5) is 10.8. The predicted octanol–water partition coefficient (Wildman–Crippen LogP) is 2.30. The lowest BCUT2D eigenvalue weighted by Crippen LogP contribution is -2.02. The lowest BCUT2D eigenvalue weighted by Gasteiger charge is -2.05. The third-order valence-corrected chi connectivity index (χ3v) is 3.19. The van der Waals surface area contributed by atoms with E-state index in [9.17, 15) is 4.79 Å². The Kier molecular flexibility index (Phi) is 3.99. The zero-order chi connectivity index (χ0) is 13.0. The van der Waals surface area contributed by atoms with Crippen LogP contribution in [0.4, 0.5) is 0 Å². The average Bonchev–Trinajstić information content (AvgIpc) is 2.73. The van der Waals surface area contributed by atoms with Crippen LogP contribution in [0.5, 0.6) is 0 Å². The number of carboxylic acids is 1.